The molecule has 1 aromatic heterocycles. The smallest absolute Gasteiger partial charge is 0.124 e. The molecule has 1 atom stereocenters. The van der Waals surface area contributed by atoms with E-state index in [0.29, 0.717) is 23.9 Å². The second kappa shape index (κ2) is 6.00. The van der Waals surface area contributed by atoms with Gasteiger partial charge < -0.3 is 16.2 Å². The lowest BCUT2D eigenvalue weighted by molar-refractivity contribution is 0.258. The average molecular weight is 234 g/mol. The summed E-state index contributed by atoms with van der Waals surface area (Å²) in [6.07, 6.45) is 3.40. The Morgan fingerprint density at radius 3 is 2.94 bits per heavy atom. The molecule has 0 aliphatic heterocycles. The first-order valence-electron chi connectivity index (χ1n) is 5.35. The molecule has 5 heteroatoms. The van der Waals surface area contributed by atoms with Crippen LogP contribution in [0.5, 0.6) is 0 Å². The van der Waals surface area contributed by atoms with Crippen LogP contribution in [0.2, 0.25) is 0 Å². The van der Waals surface area contributed by atoms with Gasteiger partial charge in [-0.15, -0.1) is 0 Å². The molecule has 0 saturated heterocycles. The molecule has 0 fully saturated rings. The van der Waals surface area contributed by atoms with Crippen LogP contribution in [-0.4, -0.2) is 24.4 Å². The second-order valence-electron chi connectivity index (χ2n) is 3.73. The highest BCUT2D eigenvalue weighted by atomic mass is 16.5. The lowest BCUT2D eigenvalue weighted by Gasteiger charge is -2.14. The van der Waals surface area contributed by atoms with Crippen molar-refractivity contribution in [3.05, 3.63) is 23.9 Å². The third-order valence-electron chi connectivity index (χ3n) is 2.10. The maximum Gasteiger partial charge on any atom is 0.124 e. The highest BCUT2D eigenvalue weighted by molar-refractivity contribution is 5.73. The minimum atomic E-state index is -0.0377. The predicted octanol–water partition coefficient (Wildman–Crippen LogP) is 1.72. The summed E-state index contributed by atoms with van der Waals surface area (Å²) in [6.45, 7) is 7.67. The molecule has 0 amide bonds. The number of hydrogen-bond acceptors (Lipinski definition) is 5. The zero-order valence-electron chi connectivity index (χ0n) is 10.2. The van der Waals surface area contributed by atoms with Gasteiger partial charge in [-0.05, 0) is 32.7 Å². The van der Waals surface area contributed by atoms with Crippen LogP contribution >= 0.6 is 0 Å². The third kappa shape index (κ3) is 3.57. The third-order valence-corrected chi connectivity index (χ3v) is 2.10. The summed E-state index contributed by atoms with van der Waals surface area (Å²) in [5.41, 5.74) is 12.7. The standard InChI is InChI=1S/C12H18N4O/c1-4-11(17-7-8(2)13)9-5-12(14)16-6-10(9)15-3/h4-6,8H,3,7,13H2,1-2H3,(H2,14,16)/b11-4+. The topological polar surface area (TPSA) is 86.5 Å². The van der Waals surface area contributed by atoms with E-state index in [-0.39, 0.29) is 6.04 Å². The number of ether oxygens (including phenoxy) is 1. The first-order valence-corrected chi connectivity index (χ1v) is 5.35. The van der Waals surface area contributed by atoms with E-state index in [2.05, 4.69) is 16.7 Å². The van der Waals surface area contributed by atoms with E-state index in [9.17, 15) is 0 Å². The fourth-order valence-corrected chi connectivity index (χ4v) is 1.33. The lowest BCUT2D eigenvalue weighted by Crippen LogP contribution is -2.21. The lowest BCUT2D eigenvalue weighted by atomic mass is 10.1. The molecule has 0 aliphatic rings. The van der Waals surface area contributed by atoms with Crippen molar-refractivity contribution in [3.63, 3.8) is 0 Å². The zero-order valence-corrected chi connectivity index (χ0v) is 10.2. The number of aliphatic imine (C=N–C) groups is 1. The molecule has 0 bridgehead atoms. The quantitative estimate of drug-likeness (QED) is 0.600. The van der Waals surface area contributed by atoms with Crippen LogP contribution in [0.4, 0.5) is 11.5 Å². The van der Waals surface area contributed by atoms with Gasteiger partial charge in [-0.25, -0.2) is 4.98 Å². The van der Waals surface area contributed by atoms with Crippen molar-refractivity contribution in [1.82, 2.24) is 4.98 Å². The van der Waals surface area contributed by atoms with Crippen LogP contribution in [0, 0.1) is 0 Å². The van der Waals surface area contributed by atoms with Crippen molar-refractivity contribution in [2.24, 2.45) is 10.7 Å². The van der Waals surface area contributed by atoms with Gasteiger partial charge in [0.25, 0.3) is 0 Å². The van der Waals surface area contributed by atoms with Crippen LogP contribution in [0.3, 0.4) is 0 Å². The average Bonchev–Trinajstić information content (AvgIpc) is 2.30. The van der Waals surface area contributed by atoms with E-state index in [4.69, 9.17) is 16.2 Å². The summed E-state index contributed by atoms with van der Waals surface area (Å²) in [5.74, 6) is 1.09. The van der Waals surface area contributed by atoms with E-state index >= 15 is 0 Å². The molecule has 17 heavy (non-hydrogen) atoms. The fraction of sp³-hybridized carbons (Fsp3) is 0.333. The maximum atomic E-state index is 5.65. The molecule has 0 aromatic carbocycles. The molecule has 0 saturated carbocycles. The van der Waals surface area contributed by atoms with Gasteiger partial charge in [0, 0.05) is 11.6 Å². The Bertz CT molecular complexity index is 427. The summed E-state index contributed by atoms with van der Waals surface area (Å²) in [4.78, 5) is 7.85. The van der Waals surface area contributed by atoms with Crippen molar-refractivity contribution in [2.45, 2.75) is 19.9 Å². The highest BCUT2D eigenvalue weighted by Crippen LogP contribution is 2.27. The van der Waals surface area contributed by atoms with Crippen molar-refractivity contribution < 1.29 is 4.74 Å². The number of pyridine rings is 1. The molecule has 1 heterocycles. The predicted molar refractivity (Wildman–Crippen MR) is 71.1 cm³/mol. The van der Waals surface area contributed by atoms with Gasteiger partial charge in [0.05, 0.1) is 11.9 Å². The molecule has 1 rings (SSSR count). The van der Waals surface area contributed by atoms with Crippen LogP contribution in [0.15, 0.2) is 23.3 Å². The highest BCUT2D eigenvalue weighted by Gasteiger charge is 2.09. The zero-order chi connectivity index (χ0) is 12.8. The summed E-state index contributed by atoms with van der Waals surface area (Å²) >= 11 is 0. The Morgan fingerprint density at radius 2 is 2.41 bits per heavy atom. The molecular weight excluding hydrogens is 216 g/mol. The summed E-state index contributed by atoms with van der Waals surface area (Å²) in [7, 11) is 0. The molecule has 1 unspecified atom stereocenters. The van der Waals surface area contributed by atoms with Gasteiger partial charge >= 0.3 is 0 Å². The Labute approximate surface area is 101 Å². The number of aromatic nitrogens is 1. The number of nitrogens with two attached hydrogens (primary N) is 2. The number of hydrogen-bond donors (Lipinski definition) is 2. The molecular formula is C12H18N4O. The largest absolute Gasteiger partial charge is 0.492 e. The molecule has 5 nitrogen and oxygen atoms in total. The fourth-order valence-electron chi connectivity index (χ4n) is 1.33. The summed E-state index contributed by atoms with van der Waals surface area (Å²) in [5, 5.41) is 0. The molecule has 0 aliphatic carbocycles. The van der Waals surface area contributed by atoms with Gasteiger partial charge in [-0.1, -0.05) is 0 Å². The van der Waals surface area contributed by atoms with Crippen LogP contribution < -0.4 is 11.5 Å². The molecule has 92 valence electrons. The SMILES string of the molecule is C=Nc1cnc(N)cc1/C(=C\C)OCC(C)N. The van der Waals surface area contributed by atoms with E-state index in [1.807, 2.05) is 19.9 Å². The number of allylic oxidation sites excluding steroid dienone is 1. The van der Waals surface area contributed by atoms with E-state index in [0.717, 1.165) is 5.56 Å². The van der Waals surface area contributed by atoms with Gasteiger partial charge in [0.15, 0.2) is 0 Å². The summed E-state index contributed by atoms with van der Waals surface area (Å²) in [6, 6.07) is 1.67. The Balaban J connectivity index is 3.02. The number of anilines is 1. The van der Waals surface area contributed by atoms with Gasteiger partial charge in [-0.3, -0.25) is 4.99 Å². The first kappa shape index (κ1) is 13.2. The minimum Gasteiger partial charge on any atom is -0.492 e. The Morgan fingerprint density at radius 1 is 1.71 bits per heavy atom. The Kier molecular flexibility index (Phi) is 4.66. The van der Waals surface area contributed by atoms with Crippen LogP contribution in [0.1, 0.15) is 19.4 Å². The second-order valence-corrected chi connectivity index (χ2v) is 3.73. The van der Waals surface area contributed by atoms with E-state index in [1.165, 1.54) is 0 Å². The molecule has 4 N–H and O–H groups in total. The number of nitrogen functional groups attached to an aromatic ring is 1. The minimum absolute atomic E-state index is 0.0377. The molecule has 0 radical (unpaired) electrons. The molecule has 1 aromatic rings. The number of nitrogens with zero attached hydrogens (tertiary/aromatic N) is 2. The van der Waals surface area contributed by atoms with Crippen LogP contribution in [0.25, 0.3) is 5.76 Å². The van der Waals surface area contributed by atoms with E-state index < -0.39 is 0 Å². The number of rotatable bonds is 5. The van der Waals surface area contributed by atoms with Crippen molar-refractivity contribution in [3.8, 4) is 0 Å². The van der Waals surface area contributed by atoms with Crippen molar-refractivity contribution in [2.75, 3.05) is 12.3 Å². The Hall–Kier alpha value is -1.88. The van der Waals surface area contributed by atoms with E-state index in [1.54, 1.807) is 12.3 Å². The monoisotopic (exact) mass is 234 g/mol. The maximum absolute atomic E-state index is 5.65. The van der Waals surface area contributed by atoms with Gasteiger partial charge in [0.1, 0.15) is 18.2 Å². The van der Waals surface area contributed by atoms with Crippen molar-refractivity contribution in [1.29, 1.82) is 0 Å². The van der Waals surface area contributed by atoms with Gasteiger partial charge in [0.2, 0.25) is 0 Å². The van der Waals surface area contributed by atoms with Gasteiger partial charge in [-0.2, -0.15) is 0 Å². The molecule has 0 spiro atoms. The first-order chi connectivity index (χ1) is 8.08. The summed E-state index contributed by atoms with van der Waals surface area (Å²) < 4.78 is 5.60. The van der Waals surface area contributed by atoms with Crippen molar-refractivity contribution >= 4 is 24.0 Å². The normalized spacial score (nSPS) is 13.2. The van der Waals surface area contributed by atoms with Crippen LogP contribution in [-0.2, 0) is 4.74 Å².